The van der Waals surface area contributed by atoms with Gasteiger partial charge >= 0.3 is 0 Å². The van der Waals surface area contributed by atoms with Crippen LogP contribution in [0.15, 0.2) is 42.5 Å². The molecule has 2 aromatic rings. The number of carbonyl (C=O) groups is 2. The molecule has 0 fully saturated rings. The van der Waals surface area contributed by atoms with Gasteiger partial charge in [0.2, 0.25) is 11.8 Å². The van der Waals surface area contributed by atoms with E-state index < -0.39 is 0 Å². The standard InChI is InChI=1S/C21H25FN2O4/c1-15(25)24(17-8-9-19(27-2)20(14-17)28-3)13-11-21(26)23-12-10-16-6-4-5-7-18(16)22/h4-9,14H,10-13H2,1-3H3,(H,23,26). The average Bonchev–Trinajstić information content (AvgIpc) is 2.69. The van der Waals surface area contributed by atoms with E-state index >= 15 is 0 Å². The Morgan fingerprint density at radius 2 is 1.79 bits per heavy atom. The molecule has 0 bridgehead atoms. The van der Waals surface area contributed by atoms with Crippen LogP contribution in [0.5, 0.6) is 11.5 Å². The van der Waals surface area contributed by atoms with Crippen molar-refractivity contribution in [3.63, 3.8) is 0 Å². The zero-order valence-corrected chi connectivity index (χ0v) is 16.3. The molecule has 0 aliphatic carbocycles. The number of nitrogens with zero attached hydrogens (tertiary/aromatic N) is 1. The second-order valence-electron chi connectivity index (χ2n) is 6.15. The lowest BCUT2D eigenvalue weighted by Gasteiger charge is -2.22. The Labute approximate surface area is 164 Å². The molecule has 28 heavy (non-hydrogen) atoms. The zero-order chi connectivity index (χ0) is 20.5. The van der Waals surface area contributed by atoms with Crippen LogP contribution in [0.25, 0.3) is 0 Å². The van der Waals surface area contributed by atoms with Gasteiger partial charge in [-0.25, -0.2) is 4.39 Å². The van der Waals surface area contributed by atoms with E-state index in [1.807, 2.05) is 0 Å². The van der Waals surface area contributed by atoms with E-state index in [4.69, 9.17) is 9.47 Å². The Kier molecular flexibility index (Phi) is 7.80. The molecule has 6 nitrogen and oxygen atoms in total. The van der Waals surface area contributed by atoms with Crippen LogP contribution >= 0.6 is 0 Å². The number of amides is 2. The number of benzene rings is 2. The first-order chi connectivity index (χ1) is 13.5. The van der Waals surface area contributed by atoms with Crippen molar-refractivity contribution >= 4 is 17.5 Å². The molecular weight excluding hydrogens is 363 g/mol. The maximum absolute atomic E-state index is 13.6. The number of anilines is 1. The minimum Gasteiger partial charge on any atom is -0.493 e. The van der Waals surface area contributed by atoms with Crippen molar-refractivity contribution < 1.29 is 23.5 Å². The Balaban J connectivity index is 1.91. The predicted octanol–water partition coefficient (Wildman–Crippen LogP) is 2.94. The van der Waals surface area contributed by atoms with Gasteiger partial charge in [0.1, 0.15) is 5.82 Å². The van der Waals surface area contributed by atoms with Gasteiger partial charge in [0.05, 0.1) is 14.2 Å². The molecule has 0 spiro atoms. The van der Waals surface area contributed by atoms with Crippen molar-refractivity contribution in [3.05, 3.63) is 53.8 Å². The first-order valence-electron chi connectivity index (χ1n) is 8.96. The normalized spacial score (nSPS) is 10.3. The van der Waals surface area contributed by atoms with Gasteiger partial charge in [-0.1, -0.05) is 18.2 Å². The van der Waals surface area contributed by atoms with Crippen LogP contribution in [0.1, 0.15) is 18.9 Å². The number of ether oxygens (including phenoxy) is 2. The van der Waals surface area contributed by atoms with Crippen LogP contribution < -0.4 is 19.7 Å². The third kappa shape index (κ3) is 5.70. The lowest BCUT2D eigenvalue weighted by molar-refractivity contribution is -0.121. The summed E-state index contributed by atoms with van der Waals surface area (Å²) in [4.78, 5) is 25.6. The van der Waals surface area contributed by atoms with Crippen LogP contribution in [0.3, 0.4) is 0 Å². The maximum Gasteiger partial charge on any atom is 0.223 e. The smallest absolute Gasteiger partial charge is 0.223 e. The first-order valence-corrected chi connectivity index (χ1v) is 8.96. The molecule has 1 N–H and O–H groups in total. The van der Waals surface area contributed by atoms with E-state index in [2.05, 4.69) is 5.32 Å². The molecule has 7 heteroatoms. The Morgan fingerprint density at radius 1 is 1.07 bits per heavy atom. The first kappa shape index (κ1) is 21.2. The van der Waals surface area contributed by atoms with Crippen molar-refractivity contribution in [1.29, 1.82) is 0 Å². The highest BCUT2D eigenvalue weighted by molar-refractivity contribution is 5.92. The number of methoxy groups -OCH3 is 2. The average molecular weight is 388 g/mol. The Hall–Kier alpha value is -3.09. The number of hydrogen-bond donors (Lipinski definition) is 1. The van der Waals surface area contributed by atoms with Crippen LogP contribution in [0.4, 0.5) is 10.1 Å². The van der Waals surface area contributed by atoms with Gasteiger partial charge in [0, 0.05) is 38.2 Å². The molecule has 0 aliphatic heterocycles. The molecule has 0 saturated heterocycles. The Bertz CT molecular complexity index is 826. The minimum atomic E-state index is -0.284. The van der Waals surface area contributed by atoms with Gasteiger partial charge in [-0.05, 0) is 30.2 Å². The third-order valence-electron chi connectivity index (χ3n) is 4.30. The summed E-state index contributed by atoms with van der Waals surface area (Å²) in [5, 5.41) is 2.76. The molecule has 0 aliphatic rings. The van der Waals surface area contributed by atoms with Crippen molar-refractivity contribution in [2.24, 2.45) is 0 Å². The van der Waals surface area contributed by atoms with Gasteiger partial charge in [-0.15, -0.1) is 0 Å². The SMILES string of the molecule is COc1ccc(N(CCC(=O)NCCc2ccccc2F)C(C)=O)cc1OC. The van der Waals surface area contributed by atoms with Gasteiger partial charge in [-0.2, -0.15) is 0 Å². The molecule has 0 radical (unpaired) electrons. The second-order valence-corrected chi connectivity index (χ2v) is 6.15. The molecule has 2 amide bonds. The van der Waals surface area contributed by atoms with Crippen molar-refractivity contribution in [3.8, 4) is 11.5 Å². The summed E-state index contributed by atoms with van der Waals surface area (Å²) in [5.41, 5.74) is 1.17. The molecule has 2 aromatic carbocycles. The molecule has 0 heterocycles. The van der Waals surface area contributed by atoms with Crippen molar-refractivity contribution in [2.75, 3.05) is 32.2 Å². The molecule has 0 atom stereocenters. The topological polar surface area (TPSA) is 67.9 Å². The van der Waals surface area contributed by atoms with Gasteiger partial charge in [0.15, 0.2) is 11.5 Å². The van der Waals surface area contributed by atoms with Crippen LogP contribution in [-0.2, 0) is 16.0 Å². The zero-order valence-electron chi connectivity index (χ0n) is 16.3. The summed E-state index contributed by atoms with van der Waals surface area (Å²) in [7, 11) is 3.05. The van der Waals surface area contributed by atoms with Gasteiger partial charge < -0.3 is 19.7 Å². The fourth-order valence-corrected chi connectivity index (χ4v) is 2.80. The lowest BCUT2D eigenvalue weighted by Crippen LogP contribution is -2.34. The number of halogens is 1. The van der Waals surface area contributed by atoms with E-state index in [1.165, 1.54) is 32.1 Å². The van der Waals surface area contributed by atoms with Crippen LogP contribution in [-0.4, -0.2) is 39.1 Å². The predicted molar refractivity (Wildman–Crippen MR) is 105 cm³/mol. The number of hydrogen-bond acceptors (Lipinski definition) is 4. The van der Waals surface area contributed by atoms with Gasteiger partial charge in [-0.3, -0.25) is 9.59 Å². The van der Waals surface area contributed by atoms with E-state index in [9.17, 15) is 14.0 Å². The summed E-state index contributed by atoms with van der Waals surface area (Å²) in [6.45, 7) is 1.99. The van der Waals surface area contributed by atoms with Crippen molar-refractivity contribution in [1.82, 2.24) is 5.32 Å². The summed E-state index contributed by atoms with van der Waals surface area (Å²) < 4.78 is 24.0. The highest BCUT2D eigenvalue weighted by Gasteiger charge is 2.16. The second kappa shape index (κ2) is 10.3. The summed E-state index contributed by atoms with van der Waals surface area (Å²) in [5.74, 6) is 0.378. The van der Waals surface area contributed by atoms with Crippen LogP contribution in [0, 0.1) is 5.82 Å². The number of nitrogens with one attached hydrogen (secondary N) is 1. The van der Waals surface area contributed by atoms with E-state index in [-0.39, 0.29) is 30.6 Å². The van der Waals surface area contributed by atoms with Gasteiger partial charge in [0.25, 0.3) is 0 Å². The third-order valence-corrected chi connectivity index (χ3v) is 4.30. The highest BCUT2D eigenvalue weighted by Crippen LogP contribution is 2.31. The molecule has 150 valence electrons. The molecule has 0 unspecified atom stereocenters. The van der Waals surface area contributed by atoms with E-state index in [1.54, 1.807) is 36.4 Å². The quantitative estimate of drug-likeness (QED) is 0.717. The highest BCUT2D eigenvalue weighted by atomic mass is 19.1. The summed E-state index contributed by atoms with van der Waals surface area (Å²) in [6, 6.07) is 11.6. The lowest BCUT2D eigenvalue weighted by atomic mass is 10.1. The summed E-state index contributed by atoms with van der Waals surface area (Å²) in [6.07, 6.45) is 0.537. The molecule has 0 saturated carbocycles. The number of rotatable bonds is 9. The molecule has 0 aromatic heterocycles. The summed E-state index contributed by atoms with van der Waals surface area (Å²) >= 11 is 0. The number of carbonyl (C=O) groups excluding carboxylic acids is 2. The fraction of sp³-hybridized carbons (Fsp3) is 0.333. The largest absolute Gasteiger partial charge is 0.493 e. The van der Waals surface area contributed by atoms with Crippen LogP contribution in [0.2, 0.25) is 0 Å². The minimum absolute atomic E-state index is 0.130. The fourth-order valence-electron chi connectivity index (χ4n) is 2.80. The van der Waals surface area contributed by atoms with Crippen molar-refractivity contribution in [2.45, 2.75) is 19.8 Å². The van der Waals surface area contributed by atoms with E-state index in [0.29, 0.717) is 35.7 Å². The Morgan fingerprint density at radius 3 is 2.43 bits per heavy atom. The maximum atomic E-state index is 13.6. The molecule has 2 rings (SSSR count). The molecular formula is C21H25FN2O4. The monoisotopic (exact) mass is 388 g/mol. The van der Waals surface area contributed by atoms with E-state index in [0.717, 1.165) is 0 Å².